The van der Waals surface area contributed by atoms with Crippen molar-refractivity contribution in [1.82, 2.24) is 18.8 Å². The minimum Gasteiger partial charge on any atom is -0.352 e. The van der Waals surface area contributed by atoms with E-state index in [2.05, 4.69) is 4.98 Å². The monoisotopic (exact) mass is 342 g/mol. The number of hydrogen-bond donors (Lipinski definition) is 0. The van der Waals surface area contributed by atoms with Crippen LogP contribution in [0.4, 0.5) is 0 Å². The Morgan fingerprint density at radius 3 is 2.61 bits per heavy atom. The molecular formula is C14H22N4O4S. The number of nitrogens with zero attached hydrogens (tertiary/aromatic N) is 4. The van der Waals surface area contributed by atoms with Crippen LogP contribution in [0.3, 0.4) is 0 Å². The lowest BCUT2D eigenvalue weighted by Crippen LogP contribution is -2.54. The van der Waals surface area contributed by atoms with Gasteiger partial charge in [-0.2, -0.15) is 0 Å². The molecule has 1 amide bonds. The zero-order valence-corrected chi connectivity index (χ0v) is 14.4. The highest BCUT2D eigenvalue weighted by Gasteiger charge is 2.48. The van der Waals surface area contributed by atoms with E-state index >= 15 is 0 Å². The topological polar surface area (TPSA) is 84.7 Å². The first-order valence-corrected chi connectivity index (χ1v) is 9.43. The van der Waals surface area contributed by atoms with Crippen LogP contribution in [0.15, 0.2) is 12.4 Å². The molecule has 0 aromatic carbocycles. The van der Waals surface area contributed by atoms with E-state index in [-0.39, 0.29) is 5.91 Å². The molecule has 0 unspecified atom stereocenters. The van der Waals surface area contributed by atoms with Crippen LogP contribution in [-0.2, 0) is 31.7 Å². The Balaban J connectivity index is 1.89. The van der Waals surface area contributed by atoms with Gasteiger partial charge in [0.2, 0.25) is 10.0 Å². The summed E-state index contributed by atoms with van der Waals surface area (Å²) in [6.07, 6.45) is 5.18. The van der Waals surface area contributed by atoms with Gasteiger partial charge in [0.15, 0.2) is 6.10 Å². The smallest absolute Gasteiger partial charge is 0.253 e. The number of rotatable bonds is 2. The van der Waals surface area contributed by atoms with Crippen molar-refractivity contribution in [2.24, 2.45) is 0 Å². The van der Waals surface area contributed by atoms with Crippen molar-refractivity contribution in [3.63, 3.8) is 0 Å². The molecule has 0 bridgehead atoms. The van der Waals surface area contributed by atoms with Crippen LogP contribution in [0.25, 0.3) is 0 Å². The maximum atomic E-state index is 12.3. The molecule has 23 heavy (non-hydrogen) atoms. The number of aromatic nitrogens is 2. The predicted molar refractivity (Wildman–Crippen MR) is 83.1 cm³/mol. The lowest BCUT2D eigenvalue weighted by molar-refractivity contribution is -0.177. The fourth-order valence-electron chi connectivity index (χ4n) is 3.33. The van der Waals surface area contributed by atoms with E-state index in [1.165, 1.54) is 15.5 Å². The minimum atomic E-state index is -3.21. The normalized spacial score (nSPS) is 24.4. The number of hydrogen-bond acceptors (Lipinski definition) is 5. The third-order valence-electron chi connectivity index (χ3n) is 4.57. The standard InChI is InChI=1S/C14H22N4O4S/c1-16(2)12(19)11-10-17-9-6-15-13(17)14(22-11)4-7-18(8-5-14)23(3,20)21/h6,9,11H,4-5,7-8,10H2,1-3H3/t11-/m0/s1. The quantitative estimate of drug-likeness (QED) is 0.731. The highest BCUT2D eigenvalue weighted by atomic mass is 32.2. The molecule has 1 atom stereocenters. The van der Waals surface area contributed by atoms with Crippen molar-refractivity contribution in [3.8, 4) is 0 Å². The first kappa shape index (κ1) is 16.4. The summed E-state index contributed by atoms with van der Waals surface area (Å²) >= 11 is 0. The predicted octanol–water partition coefficient (Wildman–Crippen LogP) is -0.379. The summed E-state index contributed by atoms with van der Waals surface area (Å²) in [5, 5.41) is 0. The number of piperidine rings is 1. The number of amides is 1. The number of carbonyl (C=O) groups is 1. The van der Waals surface area contributed by atoms with Gasteiger partial charge in [-0.15, -0.1) is 0 Å². The van der Waals surface area contributed by atoms with Crippen molar-refractivity contribution in [2.45, 2.75) is 31.1 Å². The van der Waals surface area contributed by atoms with E-state index in [4.69, 9.17) is 4.74 Å². The molecule has 1 spiro atoms. The van der Waals surface area contributed by atoms with Gasteiger partial charge in [-0.25, -0.2) is 17.7 Å². The molecule has 1 aromatic heterocycles. The van der Waals surface area contributed by atoms with Gasteiger partial charge < -0.3 is 14.2 Å². The largest absolute Gasteiger partial charge is 0.352 e. The summed E-state index contributed by atoms with van der Waals surface area (Å²) in [5.74, 6) is 0.697. The Morgan fingerprint density at radius 2 is 2.04 bits per heavy atom. The molecule has 128 valence electrons. The molecule has 0 radical (unpaired) electrons. The molecule has 0 saturated carbocycles. The fraction of sp³-hybridized carbons (Fsp3) is 0.714. The van der Waals surface area contributed by atoms with Crippen molar-refractivity contribution in [3.05, 3.63) is 18.2 Å². The lowest BCUT2D eigenvalue weighted by Gasteiger charge is -2.45. The Labute approximate surface area is 136 Å². The van der Waals surface area contributed by atoms with Crippen LogP contribution >= 0.6 is 0 Å². The summed E-state index contributed by atoms with van der Waals surface area (Å²) in [7, 11) is 0.192. The molecule has 0 N–H and O–H groups in total. The van der Waals surface area contributed by atoms with Crippen LogP contribution in [0.2, 0.25) is 0 Å². The molecule has 1 saturated heterocycles. The van der Waals surface area contributed by atoms with Gasteiger partial charge in [0.05, 0.1) is 12.8 Å². The minimum absolute atomic E-state index is 0.0886. The van der Waals surface area contributed by atoms with E-state index in [1.54, 1.807) is 20.3 Å². The molecule has 2 aliphatic rings. The van der Waals surface area contributed by atoms with Gasteiger partial charge in [0.25, 0.3) is 5.91 Å². The Bertz CT molecular complexity index is 704. The average molecular weight is 342 g/mol. The van der Waals surface area contributed by atoms with Crippen LogP contribution in [-0.4, -0.2) is 72.6 Å². The fourth-order valence-corrected chi connectivity index (χ4v) is 4.18. The van der Waals surface area contributed by atoms with Gasteiger partial charge in [-0.1, -0.05) is 0 Å². The summed E-state index contributed by atoms with van der Waals surface area (Å²) in [5.41, 5.74) is -0.695. The average Bonchev–Trinajstić information content (AvgIpc) is 2.95. The maximum absolute atomic E-state index is 12.3. The number of imidazole rings is 1. The van der Waals surface area contributed by atoms with E-state index in [9.17, 15) is 13.2 Å². The summed E-state index contributed by atoms with van der Waals surface area (Å²) in [6, 6.07) is 0. The number of ether oxygens (including phenoxy) is 1. The van der Waals surface area contributed by atoms with Crippen molar-refractivity contribution in [1.29, 1.82) is 0 Å². The van der Waals surface area contributed by atoms with E-state index in [0.29, 0.717) is 32.5 Å². The molecule has 3 rings (SSSR count). The zero-order valence-electron chi connectivity index (χ0n) is 13.6. The van der Waals surface area contributed by atoms with Gasteiger partial charge >= 0.3 is 0 Å². The third kappa shape index (κ3) is 2.88. The number of likely N-dealkylation sites (N-methyl/N-ethyl adjacent to an activating group) is 1. The van der Waals surface area contributed by atoms with Crippen LogP contribution in [0.1, 0.15) is 18.7 Å². The molecular weight excluding hydrogens is 320 g/mol. The molecule has 8 nitrogen and oxygen atoms in total. The molecule has 1 aromatic rings. The van der Waals surface area contributed by atoms with Gasteiger partial charge in [-0.05, 0) is 12.8 Å². The van der Waals surface area contributed by atoms with Crippen LogP contribution in [0.5, 0.6) is 0 Å². The Hall–Kier alpha value is -1.45. The maximum Gasteiger partial charge on any atom is 0.253 e. The van der Waals surface area contributed by atoms with E-state index < -0.39 is 21.7 Å². The van der Waals surface area contributed by atoms with E-state index in [1.807, 2.05) is 10.8 Å². The molecule has 0 aliphatic carbocycles. The third-order valence-corrected chi connectivity index (χ3v) is 5.87. The van der Waals surface area contributed by atoms with E-state index in [0.717, 1.165) is 5.82 Å². The first-order valence-electron chi connectivity index (χ1n) is 7.59. The first-order chi connectivity index (χ1) is 10.7. The number of carbonyl (C=O) groups excluding carboxylic acids is 1. The molecule has 9 heteroatoms. The SMILES string of the molecule is CN(C)C(=O)[C@@H]1Cn2ccnc2C2(CCN(S(C)(=O)=O)CC2)O1. The van der Waals surface area contributed by atoms with Crippen molar-refractivity contribution >= 4 is 15.9 Å². The van der Waals surface area contributed by atoms with Crippen LogP contribution in [0, 0.1) is 0 Å². The van der Waals surface area contributed by atoms with Gasteiger partial charge in [0.1, 0.15) is 11.4 Å². The van der Waals surface area contributed by atoms with Crippen molar-refractivity contribution in [2.75, 3.05) is 33.4 Å². The van der Waals surface area contributed by atoms with Gasteiger partial charge in [0, 0.05) is 39.6 Å². The second-order valence-corrected chi connectivity index (χ2v) is 8.38. The second-order valence-electron chi connectivity index (χ2n) is 6.40. The van der Waals surface area contributed by atoms with Crippen LogP contribution < -0.4 is 0 Å². The lowest BCUT2D eigenvalue weighted by atomic mass is 9.89. The molecule has 1 fully saturated rings. The Kier molecular flexibility index (Phi) is 3.97. The summed E-state index contributed by atoms with van der Waals surface area (Å²) < 4.78 is 33.0. The van der Waals surface area contributed by atoms with Gasteiger partial charge in [-0.3, -0.25) is 4.79 Å². The summed E-state index contributed by atoms with van der Waals surface area (Å²) in [6.45, 7) is 1.17. The van der Waals surface area contributed by atoms with Crippen molar-refractivity contribution < 1.29 is 17.9 Å². The highest BCUT2D eigenvalue weighted by molar-refractivity contribution is 7.88. The summed E-state index contributed by atoms with van der Waals surface area (Å²) in [4.78, 5) is 18.3. The number of sulfonamides is 1. The number of fused-ring (bicyclic) bond motifs is 2. The highest BCUT2D eigenvalue weighted by Crippen LogP contribution is 2.40. The molecule has 3 heterocycles. The molecule has 2 aliphatic heterocycles. The Morgan fingerprint density at radius 1 is 1.39 bits per heavy atom. The second kappa shape index (κ2) is 5.57. The zero-order chi connectivity index (χ0) is 16.8.